The van der Waals surface area contributed by atoms with Gasteiger partial charge in [0, 0.05) is 0 Å². The third-order valence-corrected chi connectivity index (χ3v) is 3.14. The lowest BCUT2D eigenvalue weighted by molar-refractivity contribution is -0.138. The fraction of sp³-hybridized carbons (Fsp3) is 0.188. The fourth-order valence-corrected chi connectivity index (χ4v) is 2.13. The highest BCUT2D eigenvalue weighted by Gasteiger charge is 2.21. The lowest BCUT2D eigenvalue weighted by Crippen LogP contribution is -2.14. The number of aliphatic carboxylic acids is 1. The summed E-state index contributed by atoms with van der Waals surface area (Å²) in [6.45, 7) is 0. The number of carboxylic acid groups (broad SMARTS) is 1. The highest BCUT2D eigenvalue weighted by atomic mass is 16.5. The summed E-state index contributed by atoms with van der Waals surface area (Å²) < 4.78 is 5.12. The van der Waals surface area contributed by atoms with Gasteiger partial charge in [-0.15, -0.1) is 0 Å². The van der Waals surface area contributed by atoms with Crippen LogP contribution in [-0.4, -0.2) is 23.3 Å². The summed E-state index contributed by atoms with van der Waals surface area (Å²) in [7, 11) is 1.55. The lowest BCUT2D eigenvalue weighted by atomic mass is 9.92. The summed E-state index contributed by atoms with van der Waals surface area (Å²) in [6.07, 6.45) is 0.316. The first-order valence-corrected chi connectivity index (χ1v) is 6.25. The Balaban J connectivity index is 2.29. The highest BCUT2D eigenvalue weighted by molar-refractivity contribution is 5.76. The van der Waals surface area contributed by atoms with Crippen LogP contribution in [0.2, 0.25) is 0 Å². The molecule has 20 heavy (non-hydrogen) atoms. The zero-order valence-electron chi connectivity index (χ0n) is 11.1. The maximum absolute atomic E-state index is 11.5. The zero-order valence-corrected chi connectivity index (χ0v) is 11.1. The molecule has 4 heteroatoms. The maximum Gasteiger partial charge on any atom is 0.311 e. The number of hydrogen-bond acceptors (Lipinski definition) is 3. The first-order chi connectivity index (χ1) is 9.60. The summed E-state index contributed by atoms with van der Waals surface area (Å²) in [5.41, 5.74) is 1.46. The normalized spacial score (nSPS) is 11.8. The average molecular weight is 272 g/mol. The number of hydrogen-bond donors (Lipinski definition) is 2. The second-order valence-corrected chi connectivity index (χ2v) is 4.54. The number of aromatic hydroxyl groups is 1. The minimum Gasteiger partial charge on any atom is -0.508 e. The van der Waals surface area contributed by atoms with Crippen LogP contribution in [0.3, 0.4) is 0 Å². The van der Waals surface area contributed by atoms with E-state index in [0.717, 1.165) is 5.56 Å². The van der Waals surface area contributed by atoms with Gasteiger partial charge in [-0.25, -0.2) is 0 Å². The van der Waals surface area contributed by atoms with E-state index in [1.807, 2.05) is 0 Å². The van der Waals surface area contributed by atoms with E-state index in [1.165, 1.54) is 0 Å². The predicted octanol–water partition coefficient (Wildman–Crippen LogP) is 2.81. The summed E-state index contributed by atoms with van der Waals surface area (Å²) in [5, 5.41) is 18.9. The van der Waals surface area contributed by atoms with E-state index in [2.05, 4.69) is 0 Å². The quantitative estimate of drug-likeness (QED) is 0.878. The number of methoxy groups -OCH3 is 1. The summed E-state index contributed by atoms with van der Waals surface area (Å²) in [6, 6.07) is 13.7. The van der Waals surface area contributed by atoms with Crippen molar-refractivity contribution in [1.29, 1.82) is 0 Å². The molecule has 0 radical (unpaired) electrons. The van der Waals surface area contributed by atoms with E-state index < -0.39 is 11.9 Å². The standard InChI is InChI=1S/C16H16O4/c1-20-14-7-3-5-12(10-14)15(16(18)19)9-11-4-2-6-13(17)8-11/h2-8,10,15,17H,9H2,1H3,(H,18,19). The van der Waals surface area contributed by atoms with Crippen LogP contribution in [0.4, 0.5) is 0 Å². The molecule has 0 fully saturated rings. The summed E-state index contributed by atoms with van der Waals surface area (Å²) in [4.78, 5) is 11.5. The van der Waals surface area contributed by atoms with E-state index in [9.17, 15) is 15.0 Å². The van der Waals surface area contributed by atoms with Crippen molar-refractivity contribution in [3.05, 3.63) is 59.7 Å². The molecule has 2 aromatic carbocycles. The molecule has 104 valence electrons. The number of phenolic OH excluding ortho intramolecular Hbond substituents is 1. The fourth-order valence-electron chi connectivity index (χ4n) is 2.13. The van der Waals surface area contributed by atoms with Gasteiger partial charge in [-0.3, -0.25) is 4.79 Å². The van der Waals surface area contributed by atoms with Crippen molar-refractivity contribution < 1.29 is 19.7 Å². The molecular weight excluding hydrogens is 256 g/mol. The molecule has 1 unspecified atom stereocenters. The Bertz CT molecular complexity index is 607. The number of benzene rings is 2. The van der Waals surface area contributed by atoms with Gasteiger partial charge in [0.2, 0.25) is 0 Å². The topological polar surface area (TPSA) is 66.8 Å². The Kier molecular flexibility index (Phi) is 4.25. The molecule has 0 aromatic heterocycles. The highest BCUT2D eigenvalue weighted by Crippen LogP contribution is 2.25. The third kappa shape index (κ3) is 3.29. The van der Waals surface area contributed by atoms with Crippen molar-refractivity contribution in [2.24, 2.45) is 0 Å². The summed E-state index contributed by atoms with van der Waals surface area (Å²) in [5.74, 6) is -0.810. The summed E-state index contributed by atoms with van der Waals surface area (Å²) >= 11 is 0. The van der Waals surface area contributed by atoms with E-state index in [4.69, 9.17) is 4.74 Å². The Morgan fingerprint density at radius 1 is 1.20 bits per heavy atom. The monoisotopic (exact) mass is 272 g/mol. The van der Waals surface area contributed by atoms with Gasteiger partial charge >= 0.3 is 5.97 Å². The zero-order chi connectivity index (χ0) is 14.5. The second kappa shape index (κ2) is 6.10. The molecule has 0 aliphatic heterocycles. The SMILES string of the molecule is COc1cccc(C(Cc2cccc(O)c2)C(=O)O)c1. The van der Waals surface area contributed by atoms with Gasteiger partial charge in [0.15, 0.2) is 0 Å². The van der Waals surface area contributed by atoms with E-state index in [-0.39, 0.29) is 5.75 Å². The van der Waals surface area contributed by atoms with Crippen molar-refractivity contribution >= 4 is 5.97 Å². The van der Waals surface area contributed by atoms with Gasteiger partial charge < -0.3 is 14.9 Å². The van der Waals surface area contributed by atoms with Crippen molar-refractivity contribution in [3.8, 4) is 11.5 Å². The third-order valence-electron chi connectivity index (χ3n) is 3.14. The smallest absolute Gasteiger partial charge is 0.311 e. The predicted molar refractivity (Wildman–Crippen MR) is 75.2 cm³/mol. The Hall–Kier alpha value is -2.49. The molecule has 0 aliphatic carbocycles. The number of phenols is 1. The second-order valence-electron chi connectivity index (χ2n) is 4.54. The first kappa shape index (κ1) is 13.9. The first-order valence-electron chi connectivity index (χ1n) is 6.25. The van der Waals surface area contributed by atoms with Crippen molar-refractivity contribution in [3.63, 3.8) is 0 Å². The van der Waals surface area contributed by atoms with Gasteiger partial charge in [0.05, 0.1) is 13.0 Å². The minimum absolute atomic E-state index is 0.136. The van der Waals surface area contributed by atoms with Crippen LogP contribution in [0.25, 0.3) is 0 Å². The number of carbonyl (C=O) groups is 1. The Morgan fingerprint density at radius 3 is 2.60 bits per heavy atom. The van der Waals surface area contributed by atoms with Crippen LogP contribution >= 0.6 is 0 Å². The van der Waals surface area contributed by atoms with Gasteiger partial charge in [-0.1, -0.05) is 24.3 Å². The van der Waals surface area contributed by atoms with E-state index in [1.54, 1.807) is 55.6 Å². The minimum atomic E-state index is -0.901. The number of rotatable bonds is 5. The largest absolute Gasteiger partial charge is 0.508 e. The van der Waals surface area contributed by atoms with Gasteiger partial charge in [-0.05, 0) is 41.8 Å². The van der Waals surface area contributed by atoms with Gasteiger partial charge in [-0.2, -0.15) is 0 Å². The Labute approximate surface area is 117 Å². The van der Waals surface area contributed by atoms with Gasteiger partial charge in [0.1, 0.15) is 11.5 Å². The van der Waals surface area contributed by atoms with E-state index >= 15 is 0 Å². The van der Waals surface area contributed by atoms with E-state index in [0.29, 0.717) is 17.7 Å². The number of ether oxygens (including phenoxy) is 1. The van der Waals surface area contributed by atoms with Crippen LogP contribution < -0.4 is 4.74 Å². The van der Waals surface area contributed by atoms with Crippen molar-refractivity contribution in [2.75, 3.05) is 7.11 Å². The van der Waals surface area contributed by atoms with Crippen LogP contribution in [0.1, 0.15) is 17.0 Å². The maximum atomic E-state index is 11.5. The lowest BCUT2D eigenvalue weighted by Gasteiger charge is -2.14. The molecule has 4 nitrogen and oxygen atoms in total. The molecule has 2 rings (SSSR count). The van der Waals surface area contributed by atoms with Crippen LogP contribution in [0.5, 0.6) is 11.5 Å². The molecule has 0 aliphatic rings. The van der Waals surface area contributed by atoms with Crippen molar-refractivity contribution in [2.45, 2.75) is 12.3 Å². The molecule has 0 spiro atoms. The van der Waals surface area contributed by atoms with Crippen LogP contribution in [-0.2, 0) is 11.2 Å². The molecule has 0 saturated heterocycles. The molecule has 0 heterocycles. The molecule has 2 N–H and O–H groups in total. The van der Waals surface area contributed by atoms with Crippen molar-refractivity contribution in [1.82, 2.24) is 0 Å². The molecular formula is C16H16O4. The molecule has 1 atom stereocenters. The molecule has 0 saturated carbocycles. The Morgan fingerprint density at radius 2 is 1.95 bits per heavy atom. The van der Waals surface area contributed by atoms with Crippen LogP contribution in [0, 0.1) is 0 Å². The van der Waals surface area contributed by atoms with Crippen LogP contribution in [0.15, 0.2) is 48.5 Å². The molecule has 2 aromatic rings. The molecule has 0 amide bonds. The average Bonchev–Trinajstić information content (AvgIpc) is 2.44. The van der Waals surface area contributed by atoms with Gasteiger partial charge in [0.25, 0.3) is 0 Å². The molecule has 0 bridgehead atoms. The number of carboxylic acids is 1.